The Hall–Kier alpha value is -2.74. The molecule has 8 heteroatoms. The summed E-state index contributed by atoms with van der Waals surface area (Å²) in [4.78, 5) is 42.2. The molecule has 2 N–H and O–H groups in total. The lowest BCUT2D eigenvalue weighted by molar-refractivity contribution is -0.127. The zero-order chi connectivity index (χ0) is 20.2. The lowest BCUT2D eigenvalue weighted by Gasteiger charge is -2.14. The standard InChI is InChI=1S/C21H24N4O3S/c26-18-3-1-11-25(18)12-2-10-22-20(28)17-13-29-21(24-17)15-6-4-14(5-7-15)19(27)23-16-8-9-16/h4-7,13,16H,1-3,8-12H2,(H,22,28)(H,23,27). The molecule has 0 atom stereocenters. The molecule has 2 fully saturated rings. The quantitative estimate of drug-likeness (QED) is 0.652. The summed E-state index contributed by atoms with van der Waals surface area (Å²) in [5.74, 6) is -0.0499. The molecule has 0 bridgehead atoms. The molecule has 3 amide bonds. The first-order valence-electron chi connectivity index (χ1n) is 10.0. The third-order valence-corrected chi connectivity index (χ3v) is 6.00. The summed E-state index contributed by atoms with van der Waals surface area (Å²) in [5.41, 5.74) is 1.90. The Balaban J connectivity index is 1.27. The van der Waals surface area contributed by atoms with Crippen LogP contribution in [0.1, 0.15) is 53.0 Å². The molecule has 1 aromatic heterocycles. The van der Waals surface area contributed by atoms with Crippen LogP contribution in [-0.2, 0) is 4.79 Å². The number of nitrogens with one attached hydrogen (secondary N) is 2. The summed E-state index contributed by atoms with van der Waals surface area (Å²) in [6, 6.07) is 7.62. The Kier molecular flexibility index (Phi) is 5.89. The maximum absolute atomic E-state index is 12.3. The van der Waals surface area contributed by atoms with Gasteiger partial charge in [-0.05, 0) is 37.8 Å². The minimum absolute atomic E-state index is 0.0473. The van der Waals surface area contributed by atoms with Gasteiger partial charge < -0.3 is 15.5 Å². The average Bonchev–Trinajstić information content (AvgIpc) is 3.24. The predicted molar refractivity (Wildman–Crippen MR) is 111 cm³/mol. The van der Waals surface area contributed by atoms with Crippen molar-refractivity contribution in [1.82, 2.24) is 20.5 Å². The van der Waals surface area contributed by atoms with Gasteiger partial charge in [-0.2, -0.15) is 0 Å². The van der Waals surface area contributed by atoms with Gasteiger partial charge in [-0.3, -0.25) is 14.4 Å². The Morgan fingerprint density at radius 1 is 1.17 bits per heavy atom. The number of thiazole rings is 1. The zero-order valence-corrected chi connectivity index (χ0v) is 17.0. The first-order valence-corrected chi connectivity index (χ1v) is 10.9. The normalized spacial score (nSPS) is 16.1. The van der Waals surface area contributed by atoms with Gasteiger partial charge in [-0.1, -0.05) is 12.1 Å². The number of carbonyl (C=O) groups excluding carboxylic acids is 3. The van der Waals surface area contributed by atoms with E-state index >= 15 is 0 Å². The van der Waals surface area contributed by atoms with Crippen LogP contribution in [0.25, 0.3) is 10.6 Å². The molecule has 0 unspecified atom stereocenters. The number of hydrogen-bond acceptors (Lipinski definition) is 5. The molecular formula is C21H24N4O3S. The second-order valence-electron chi connectivity index (χ2n) is 7.46. The molecule has 0 radical (unpaired) electrons. The highest BCUT2D eigenvalue weighted by Crippen LogP contribution is 2.25. The van der Waals surface area contributed by atoms with Crippen LogP contribution >= 0.6 is 11.3 Å². The maximum atomic E-state index is 12.3. The van der Waals surface area contributed by atoms with Crippen molar-refractivity contribution in [2.24, 2.45) is 0 Å². The van der Waals surface area contributed by atoms with E-state index < -0.39 is 0 Å². The lowest BCUT2D eigenvalue weighted by Crippen LogP contribution is -2.30. The molecule has 0 spiro atoms. The molecule has 29 heavy (non-hydrogen) atoms. The van der Waals surface area contributed by atoms with Crippen LogP contribution in [0.5, 0.6) is 0 Å². The molecular weight excluding hydrogens is 388 g/mol. The highest BCUT2D eigenvalue weighted by Gasteiger charge is 2.24. The van der Waals surface area contributed by atoms with Crippen LogP contribution < -0.4 is 10.6 Å². The van der Waals surface area contributed by atoms with Crippen LogP contribution in [0.2, 0.25) is 0 Å². The monoisotopic (exact) mass is 412 g/mol. The molecule has 2 heterocycles. The summed E-state index contributed by atoms with van der Waals surface area (Å²) >= 11 is 1.40. The van der Waals surface area contributed by atoms with Crippen molar-refractivity contribution in [2.45, 2.75) is 38.1 Å². The Morgan fingerprint density at radius 2 is 1.97 bits per heavy atom. The predicted octanol–water partition coefficient (Wildman–Crippen LogP) is 2.44. The highest BCUT2D eigenvalue weighted by molar-refractivity contribution is 7.13. The molecule has 1 aliphatic carbocycles. The van der Waals surface area contributed by atoms with E-state index in [1.807, 2.05) is 17.0 Å². The van der Waals surface area contributed by atoms with E-state index in [0.717, 1.165) is 42.8 Å². The summed E-state index contributed by atoms with van der Waals surface area (Å²) in [7, 11) is 0. The summed E-state index contributed by atoms with van der Waals surface area (Å²) in [5, 5.41) is 8.31. The first kappa shape index (κ1) is 19.6. The summed E-state index contributed by atoms with van der Waals surface area (Å²) < 4.78 is 0. The number of rotatable bonds is 8. The van der Waals surface area contributed by atoms with Gasteiger partial charge in [-0.25, -0.2) is 4.98 Å². The number of benzene rings is 1. The fraction of sp³-hybridized carbons (Fsp3) is 0.429. The summed E-state index contributed by atoms with van der Waals surface area (Å²) in [6.07, 6.45) is 4.42. The van der Waals surface area contributed by atoms with Gasteiger partial charge in [0.2, 0.25) is 5.91 Å². The summed E-state index contributed by atoms with van der Waals surface area (Å²) in [6.45, 7) is 2.02. The first-order chi connectivity index (χ1) is 14.1. The van der Waals surface area contributed by atoms with Crippen LogP contribution in [-0.4, -0.2) is 53.3 Å². The van der Waals surface area contributed by atoms with Crippen molar-refractivity contribution in [3.63, 3.8) is 0 Å². The zero-order valence-electron chi connectivity index (χ0n) is 16.1. The van der Waals surface area contributed by atoms with Crippen LogP contribution in [0.15, 0.2) is 29.6 Å². The van der Waals surface area contributed by atoms with E-state index in [2.05, 4.69) is 15.6 Å². The third kappa shape index (κ3) is 5.00. The van der Waals surface area contributed by atoms with Gasteiger partial charge in [0.05, 0.1) is 0 Å². The molecule has 4 rings (SSSR count). The number of carbonyl (C=O) groups is 3. The van der Waals surface area contributed by atoms with Crippen molar-refractivity contribution in [1.29, 1.82) is 0 Å². The van der Waals surface area contributed by atoms with Gasteiger partial charge in [0.1, 0.15) is 10.7 Å². The Bertz CT molecular complexity index is 905. The van der Waals surface area contributed by atoms with Crippen molar-refractivity contribution >= 4 is 29.1 Å². The number of amides is 3. The molecule has 1 saturated heterocycles. The highest BCUT2D eigenvalue weighted by atomic mass is 32.1. The fourth-order valence-corrected chi connectivity index (χ4v) is 4.08. The third-order valence-electron chi connectivity index (χ3n) is 5.11. The number of nitrogens with zero attached hydrogens (tertiary/aromatic N) is 2. The molecule has 1 aromatic carbocycles. The van der Waals surface area contributed by atoms with E-state index in [1.54, 1.807) is 17.5 Å². The van der Waals surface area contributed by atoms with E-state index in [1.165, 1.54) is 11.3 Å². The molecule has 152 valence electrons. The van der Waals surface area contributed by atoms with Gasteiger partial charge in [0.15, 0.2) is 0 Å². The molecule has 2 aromatic rings. The van der Waals surface area contributed by atoms with E-state index in [9.17, 15) is 14.4 Å². The Labute approximate surface area is 173 Å². The maximum Gasteiger partial charge on any atom is 0.270 e. The van der Waals surface area contributed by atoms with Crippen molar-refractivity contribution in [2.75, 3.05) is 19.6 Å². The van der Waals surface area contributed by atoms with Gasteiger partial charge >= 0.3 is 0 Å². The number of hydrogen-bond donors (Lipinski definition) is 2. The van der Waals surface area contributed by atoms with Crippen molar-refractivity contribution in [3.8, 4) is 10.6 Å². The second kappa shape index (κ2) is 8.73. The molecule has 1 saturated carbocycles. The van der Waals surface area contributed by atoms with E-state index in [4.69, 9.17) is 0 Å². The minimum atomic E-state index is -0.208. The molecule has 2 aliphatic rings. The minimum Gasteiger partial charge on any atom is -0.351 e. The van der Waals surface area contributed by atoms with Crippen LogP contribution in [0.4, 0.5) is 0 Å². The smallest absolute Gasteiger partial charge is 0.270 e. The lowest BCUT2D eigenvalue weighted by atomic mass is 10.1. The van der Waals surface area contributed by atoms with Crippen LogP contribution in [0.3, 0.4) is 0 Å². The van der Waals surface area contributed by atoms with Gasteiger partial charge in [-0.15, -0.1) is 11.3 Å². The van der Waals surface area contributed by atoms with Gasteiger partial charge in [0, 0.05) is 48.6 Å². The SMILES string of the molecule is O=C(NC1CC1)c1ccc(-c2nc(C(=O)NCCCN3CCCC3=O)cs2)cc1. The largest absolute Gasteiger partial charge is 0.351 e. The van der Waals surface area contributed by atoms with Gasteiger partial charge in [0.25, 0.3) is 11.8 Å². The van der Waals surface area contributed by atoms with Crippen molar-refractivity contribution < 1.29 is 14.4 Å². The van der Waals surface area contributed by atoms with E-state index in [0.29, 0.717) is 36.8 Å². The van der Waals surface area contributed by atoms with Crippen molar-refractivity contribution in [3.05, 3.63) is 40.9 Å². The number of aromatic nitrogens is 1. The number of likely N-dealkylation sites (tertiary alicyclic amines) is 1. The fourth-order valence-electron chi connectivity index (χ4n) is 3.27. The van der Waals surface area contributed by atoms with E-state index in [-0.39, 0.29) is 17.7 Å². The second-order valence-corrected chi connectivity index (χ2v) is 8.31. The average molecular weight is 413 g/mol. The Morgan fingerprint density at radius 3 is 2.66 bits per heavy atom. The van der Waals surface area contributed by atoms with Crippen LogP contribution in [0, 0.1) is 0 Å². The topological polar surface area (TPSA) is 91.4 Å². The molecule has 1 aliphatic heterocycles. The molecule has 7 nitrogen and oxygen atoms in total.